The van der Waals surface area contributed by atoms with E-state index in [1.165, 1.54) is 18.7 Å². The van der Waals surface area contributed by atoms with Gasteiger partial charge in [0.05, 0.1) is 0 Å². The molecule has 0 aliphatic carbocycles. The van der Waals surface area contributed by atoms with Crippen LogP contribution in [0.2, 0.25) is 0 Å². The van der Waals surface area contributed by atoms with Crippen LogP contribution in [-0.2, 0) is 4.79 Å². The van der Waals surface area contributed by atoms with Gasteiger partial charge in [-0.1, -0.05) is 58.8 Å². The van der Waals surface area contributed by atoms with E-state index in [9.17, 15) is 4.79 Å². The number of nitrogens with zero attached hydrogens (tertiary/aromatic N) is 1. The lowest BCUT2D eigenvalue weighted by Crippen LogP contribution is -2.42. The number of carbonyl (C=O) groups excluding carboxylic acids is 1. The lowest BCUT2D eigenvalue weighted by atomic mass is 10.6. The average molecular weight is 338 g/mol. The fourth-order valence-electron chi connectivity index (χ4n) is 1.02. The van der Waals surface area contributed by atoms with E-state index in [0.717, 1.165) is 13.1 Å². The summed E-state index contributed by atoms with van der Waals surface area (Å²) in [6.45, 7) is 6.88. The highest BCUT2D eigenvalue weighted by Crippen LogP contribution is 2.37. The van der Waals surface area contributed by atoms with Gasteiger partial charge in [0.25, 0.3) is 0 Å². The minimum atomic E-state index is -1.60. The summed E-state index contributed by atoms with van der Waals surface area (Å²) >= 11 is 23.8. The van der Waals surface area contributed by atoms with E-state index in [2.05, 4.69) is 5.32 Å². The molecule has 0 spiro atoms. The van der Waals surface area contributed by atoms with Gasteiger partial charge in [0.15, 0.2) is 0 Å². The number of thioether (sulfide) groups is 1. The van der Waals surface area contributed by atoms with Crippen LogP contribution in [-0.4, -0.2) is 37.4 Å². The summed E-state index contributed by atoms with van der Waals surface area (Å²) < 4.78 is -1.01. The summed E-state index contributed by atoms with van der Waals surface area (Å²) in [5, 5.41) is 1.87. The molecule has 0 aromatic carbocycles. The predicted octanol–water partition coefficient (Wildman–Crippen LogP) is 3.18. The van der Waals surface area contributed by atoms with E-state index in [0.29, 0.717) is 4.32 Å². The Morgan fingerprint density at radius 2 is 1.88 bits per heavy atom. The molecule has 0 aromatic heterocycles. The molecule has 17 heavy (non-hydrogen) atoms. The average Bonchev–Trinajstić information content (AvgIpc) is 2.16. The number of carbonyl (C=O) groups is 1. The van der Waals surface area contributed by atoms with Gasteiger partial charge in [0.2, 0.25) is 9.70 Å². The van der Waals surface area contributed by atoms with Crippen LogP contribution in [0.25, 0.3) is 0 Å². The second-order valence-corrected chi connectivity index (χ2v) is 7.29. The van der Waals surface area contributed by atoms with Crippen LogP contribution in [0.4, 0.5) is 0 Å². The SMILES string of the molecule is CCN(CC)C(=S)SC(NC(C)=O)C(Cl)(Cl)Cl. The molecule has 0 rings (SSSR count). The van der Waals surface area contributed by atoms with E-state index < -0.39 is 9.17 Å². The minimum Gasteiger partial charge on any atom is -0.358 e. The van der Waals surface area contributed by atoms with Crippen LogP contribution in [0.1, 0.15) is 20.8 Å². The molecule has 1 N–H and O–H groups in total. The Hall–Kier alpha value is 0.580. The molecule has 0 radical (unpaired) electrons. The van der Waals surface area contributed by atoms with E-state index in [-0.39, 0.29) is 5.91 Å². The first kappa shape index (κ1) is 17.6. The summed E-state index contributed by atoms with van der Waals surface area (Å²) in [6, 6.07) is 0. The maximum absolute atomic E-state index is 11.0. The van der Waals surface area contributed by atoms with Gasteiger partial charge in [0.1, 0.15) is 9.69 Å². The van der Waals surface area contributed by atoms with Gasteiger partial charge in [-0.05, 0) is 13.8 Å². The van der Waals surface area contributed by atoms with Crippen molar-refractivity contribution in [1.82, 2.24) is 10.2 Å². The zero-order chi connectivity index (χ0) is 13.6. The van der Waals surface area contributed by atoms with Gasteiger partial charge in [-0.15, -0.1) is 0 Å². The lowest BCUT2D eigenvalue weighted by Gasteiger charge is -2.28. The Morgan fingerprint density at radius 3 is 2.18 bits per heavy atom. The quantitative estimate of drug-likeness (QED) is 0.485. The largest absolute Gasteiger partial charge is 0.358 e. The maximum Gasteiger partial charge on any atom is 0.220 e. The highest BCUT2D eigenvalue weighted by Gasteiger charge is 2.35. The van der Waals surface area contributed by atoms with Crippen LogP contribution < -0.4 is 5.32 Å². The summed E-state index contributed by atoms with van der Waals surface area (Å²) in [6.07, 6.45) is 0. The Bertz CT molecular complexity index is 280. The van der Waals surface area contributed by atoms with Gasteiger partial charge in [0, 0.05) is 20.0 Å². The third-order valence-corrected chi connectivity index (χ3v) is 4.63. The smallest absolute Gasteiger partial charge is 0.220 e. The first-order valence-electron chi connectivity index (χ1n) is 5.01. The molecule has 0 aromatic rings. The van der Waals surface area contributed by atoms with Crippen molar-refractivity contribution in [3.63, 3.8) is 0 Å². The number of amides is 1. The normalized spacial score (nSPS) is 13.1. The summed E-state index contributed by atoms with van der Waals surface area (Å²) in [4.78, 5) is 13.0. The summed E-state index contributed by atoms with van der Waals surface area (Å²) in [5.74, 6) is -0.267. The third-order valence-electron chi connectivity index (χ3n) is 1.87. The van der Waals surface area contributed by atoms with Crippen molar-refractivity contribution in [2.24, 2.45) is 0 Å². The number of hydrogen-bond acceptors (Lipinski definition) is 3. The van der Waals surface area contributed by atoms with Crippen LogP contribution in [0.5, 0.6) is 0 Å². The van der Waals surface area contributed by atoms with E-state index in [1.54, 1.807) is 0 Å². The number of nitrogens with one attached hydrogen (secondary N) is 1. The van der Waals surface area contributed by atoms with Gasteiger partial charge >= 0.3 is 0 Å². The lowest BCUT2D eigenvalue weighted by molar-refractivity contribution is -0.119. The predicted molar refractivity (Wildman–Crippen MR) is 81.0 cm³/mol. The van der Waals surface area contributed by atoms with Gasteiger partial charge in [-0.25, -0.2) is 0 Å². The molecule has 0 fully saturated rings. The Kier molecular flexibility index (Phi) is 8.16. The Morgan fingerprint density at radius 1 is 1.41 bits per heavy atom. The second-order valence-electron chi connectivity index (χ2n) is 3.18. The van der Waals surface area contributed by atoms with Crippen molar-refractivity contribution in [3.05, 3.63) is 0 Å². The molecule has 0 heterocycles. The molecule has 1 atom stereocenters. The second kappa shape index (κ2) is 7.89. The third kappa shape index (κ3) is 6.91. The monoisotopic (exact) mass is 336 g/mol. The van der Waals surface area contributed by atoms with Crippen molar-refractivity contribution in [2.75, 3.05) is 13.1 Å². The minimum absolute atomic E-state index is 0.267. The molecule has 8 heteroatoms. The highest BCUT2D eigenvalue weighted by molar-refractivity contribution is 8.23. The molecule has 3 nitrogen and oxygen atoms in total. The van der Waals surface area contributed by atoms with Crippen LogP contribution in [0.15, 0.2) is 0 Å². The zero-order valence-electron chi connectivity index (χ0n) is 9.80. The molecular formula is C9H15Cl3N2OS2. The zero-order valence-corrected chi connectivity index (χ0v) is 13.7. The molecule has 1 amide bonds. The first-order valence-corrected chi connectivity index (χ1v) is 7.43. The molecule has 0 saturated heterocycles. The molecular weight excluding hydrogens is 323 g/mol. The van der Waals surface area contributed by atoms with Crippen molar-refractivity contribution in [2.45, 2.75) is 29.9 Å². The number of hydrogen-bond donors (Lipinski definition) is 1. The van der Waals surface area contributed by atoms with Crippen molar-refractivity contribution < 1.29 is 4.79 Å². The van der Waals surface area contributed by atoms with E-state index in [1.807, 2.05) is 18.7 Å². The summed E-state index contributed by atoms with van der Waals surface area (Å²) in [7, 11) is 0. The van der Waals surface area contributed by atoms with Gasteiger partial charge < -0.3 is 10.2 Å². The first-order chi connectivity index (χ1) is 7.72. The molecule has 0 aliphatic heterocycles. The number of halogens is 3. The highest BCUT2D eigenvalue weighted by atomic mass is 35.6. The summed E-state index contributed by atoms with van der Waals surface area (Å²) in [5.41, 5.74) is 0. The fraction of sp³-hybridized carbons (Fsp3) is 0.778. The van der Waals surface area contributed by atoms with Crippen molar-refractivity contribution in [1.29, 1.82) is 0 Å². The molecule has 1 unspecified atom stereocenters. The number of thiocarbonyl (C=S) groups is 1. The Balaban J connectivity index is 4.64. The molecule has 0 aliphatic rings. The van der Waals surface area contributed by atoms with E-state index in [4.69, 9.17) is 47.0 Å². The molecule has 0 bridgehead atoms. The van der Waals surface area contributed by atoms with E-state index >= 15 is 0 Å². The standard InChI is InChI=1S/C9H15Cl3N2OS2/c1-4-14(5-2)8(16)17-7(9(10,11)12)13-6(3)15/h7H,4-5H2,1-3H3,(H,13,15). The fourth-order valence-corrected chi connectivity index (χ4v) is 3.10. The maximum atomic E-state index is 11.0. The van der Waals surface area contributed by atoms with Crippen LogP contribution in [0.3, 0.4) is 0 Å². The topological polar surface area (TPSA) is 32.3 Å². The van der Waals surface area contributed by atoms with Crippen LogP contribution in [0, 0.1) is 0 Å². The Labute approximate surface area is 127 Å². The van der Waals surface area contributed by atoms with Crippen molar-refractivity contribution >= 4 is 69.0 Å². The number of alkyl halides is 3. The molecule has 100 valence electrons. The van der Waals surface area contributed by atoms with Crippen LogP contribution >= 0.6 is 58.8 Å². The van der Waals surface area contributed by atoms with Gasteiger partial charge in [-0.3, -0.25) is 4.79 Å². The molecule has 0 saturated carbocycles. The number of rotatable bonds is 4. The van der Waals surface area contributed by atoms with Crippen molar-refractivity contribution in [3.8, 4) is 0 Å². The van der Waals surface area contributed by atoms with Gasteiger partial charge in [-0.2, -0.15) is 0 Å².